The Hall–Kier alpha value is -2.18. The molecular formula is C17H24N6O. The van der Waals surface area contributed by atoms with Gasteiger partial charge in [-0.2, -0.15) is 4.52 Å². The van der Waals surface area contributed by atoms with Gasteiger partial charge in [-0.05, 0) is 37.8 Å². The molecule has 1 atom stereocenters. The van der Waals surface area contributed by atoms with E-state index in [2.05, 4.69) is 20.4 Å². The molecule has 24 heavy (non-hydrogen) atoms. The van der Waals surface area contributed by atoms with Crippen molar-refractivity contribution in [3.8, 4) is 0 Å². The van der Waals surface area contributed by atoms with E-state index in [9.17, 15) is 4.79 Å². The number of hydrogen-bond acceptors (Lipinski definition) is 5. The zero-order valence-electron chi connectivity index (χ0n) is 14.3. The zero-order valence-corrected chi connectivity index (χ0v) is 14.3. The van der Waals surface area contributed by atoms with Gasteiger partial charge in [-0.1, -0.05) is 13.8 Å². The topological polar surface area (TPSA) is 75.4 Å². The monoisotopic (exact) mass is 328 g/mol. The van der Waals surface area contributed by atoms with Crippen LogP contribution in [0.1, 0.15) is 51.3 Å². The van der Waals surface area contributed by atoms with Gasteiger partial charge in [0.1, 0.15) is 5.82 Å². The molecule has 0 bridgehead atoms. The van der Waals surface area contributed by atoms with Gasteiger partial charge in [0, 0.05) is 31.0 Å². The maximum atomic E-state index is 12.0. The van der Waals surface area contributed by atoms with Crippen molar-refractivity contribution < 1.29 is 4.79 Å². The lowest BCUT2D eigenvalue weighted by molar-refractivity contribution is -0.124. The summed E-state index contributed by atoms with van der Waals surface area (Å²) in [6.45, 7) is 5.62. The molecule has 2 aliphatic rings. The van der Waals surface area contributed by atoms with Crippen LogP contribution in [0, 0.1) is 5.92 Å². The number of hydrogen-bond donors (Lipinski definition) is 1. The van der Waals surface area contributed by atoms with Crippen LogP contribution in [-0.2, 0) is 4.79 Å². The molecular weight excluding hydrogens is 304 g/mol. The zero-order chi connectivity index (χ0) is 16.7. The van der Waals surface area contributed by atoms with E-state index in [1.165, 1.54) is 12.8 Å². The Morgan fingerprint density at radius 3 is 2.83 bits per heavy atom. The molecule has 1 aliphatic heterocycles. The Kier molecular flexibility index (Phi) is 3.86. The summed E-state index contributed by atoms with van der Waals surface area (Å²) in [5.74, 6) is 2.58. The highest BCUT2D eigenvalue weighted by molar-refractivity contribution is 5.78. The van der Waals surface area contributed by atoms with E-state index in [1.54, 1.807) is 0 Å². The van der Waals surface area contributed by atoms with Crippen LogP contribution in [0.4, 0.5) is 5.82 Å². The first-order valence-electron chi connectivity index (χ1n) is 8.89. The van der Waals surface area contributed by atoms with Gasteiger partial charge in [0.05, 0.1) is 0 Å². The van der Waals surface area contributed by atoms with Crippen molar-refractivity contribution in [2.75, 3.05) is 18.0 Å². The summed E-state index contributed by atoms with van der Waals surface area (Å²) in [5, 5.41) is 16.4. The second kappa shape index (κ2) is 6.03. The Balaban J connectivity index is 1.53. The van der Waals surface area contributed by atoms with Gasteiger partial charge in [-0.3, -0.25) is 4.79 Å². The summed E-state index contributed by atoms with van der Waals surface area (Å²) in [5.41, 5.74) is 0.808. The fraction of sp³-hybridized carbons (Fsp3) is 0.647. The molecule has 1 unspecified atom stereocenters. The van der Waals surface area contributed by atoms with E-state index in [1.807, 2.05) is 30.5 Å². The lowest BCUT2D eigenvalue weighted by Crippen LogP contribution is -2.49. The van der Waals surface area contributed by atoms with Crippen LogP contribution in [0.25, 0.3) is 5.65 Å². The summed E-state index contributed by atoms with van der Waals surface area (Å²) >= 11 is 0. The van der Waals surface area contributed by atoms with Crippen molar-refractivity contribution in [2.45, 2.75) is 51.5 Å². The smallest absolute Gasteiger partial charge is 0.222 e. The fourth-order valence-corrected chi connectivity index (χ4v) is 3.23. The Bertz CT molecular complexity index is 751. The van der Waals surface area contributed by atoms with E-state index >= 15 is 0 Å². The van der Waals surface area contributed by atoms with Gasteiger partial charge >= 0.3 is 0 Å². The lowest BCUT2D eigenvalue weighted by Gasteiger charge is -2.34. The molecule has 7 nitrogen and oxygen atoms in total. The molecule has 0 spiro atoms. The second-order valence-electron chi connectivity index (χ2n) is 7.24. The van der Waals surface area contributed by atoms with Crippen LogP contribution in [-0.4, -0.2) is 44.8 Å². The normalized spacial score (nSPS) is 21.5. The molecule has 128 valence electrons. The molecule has 2 aromatic rings. The Labute approximate surface area is 141 Å². The number of carbonyl (C=O) groups excluding carboxylic acids is 1. The average molecular weight is 328 g/mol. The van der Waals surface area contributed by atoms with Crippen molar-refractivity contribution in [3.05, 3.63) is 18.0 Å². The first-order chi connectivity index (χ1) is 11.6. The quantitative estimate of drug-likeness (QED) is 0.925. The molecule has 1 saturated carbocycles. The van der Waals surface area contributed by atoms with Gasteiger partial charge in [0.25, 0.3) is 0 Å². The molecule has 0 aromatic carbocycles. The molecule has 1 saturated heterocycles. The van der Waals surface area contributed by atoms with Crippen molar-refractivity contribution >= 4 is 17.4 Å². The van der Waals surface area contributed by atoms with E-state index in [0.29, 0.717) is 5.92 Å². The van der Waals surface area contributed by atoms with Crippen molar-refractivity contribution in [2.24, 2.45) is 5.92 Å². The van der Waals surface area contributed by atoms with Crippen LogP contribution in [0.15, 0.2) is 12.1 Å². The predicted molar refractivity (Wildman–Crippen MR) is 91.0 cm³/mol. The summed E-state index contributed by atoms with van der Waals surface area (Å²) in [6, 6.07) is 4.18. The molecule has 2 aromatic heterocycles. The average Bonchev–Trinajstić information content (AvgIpc) is 3.34. The van der Waals surface area contributed by atoms with Gasteiger partial charge in [-0.25, -0.2) is 0 Å². The van der Waals surface area contributed by atoms with Crippen LogP contribution in [0.3, 0.4) is 0 Å². The van der Waals surface area contributed by atoms with Crippen LogP contribution >= 0.6 is 0 Å². The van der Waals surface area contributed by atoms with Gasteiger partial charge in [0.15, 0.2) is 11.5 Å². The maximum absolute atomic E-state index is 12.0. The molecule has 1 N–H and O–H groups in total. The number of nitrogens with one attached hydrogen (secondary N) is 1. The number of fused-ring (bicyclic) bond motifs is 1. The minimum atomic E-state index is 0.0213. The fourth-order valence-electron chi connectivity index (χ4n) is 3.23. The third-order valence-corrected chi connectivity index (χ3v) is 4.83. The third-order valence-electron chi connectivity index (χ3n) is 4.83. The third kappa shape index (κ3) is 2.95. The first-order valence-corrected chi connectivity index (χ1v) is 8.89. The van der Waals surface area contributed by atoms with E-state index in [4.69, 9.17) is 5.10 Å². The number of carbonyl (C=O) groups is 1. The molecule has 3 heterocycles. The Morgan fingerprint density at radius 1 is 1.25 bits per heavy atom. The summed E-state index contributed by atoms with van der Waals surface area (Å²) in [4.78, 5) is 14.2. The summed E-state index contributed by atoms with van der Waals surface area (Å²) in [7, 11) is 0. The van der Waals surface area contributed by atoms with Crippen LogP contribution < -0.4 is 10.2 Å². The summed E-state index contributed by atoms with van der Waals surface area (Å²) in [6.07, 6.45) is 4.44. The predicted octanol–water partition coefficient (Wildman–Crippen LogP) is 1.74. The van der Waals surface area contributed by atoms with Crippen LogP contribution in [0.5, 0.6) is 0 Å². The van der Waals surface area contributed by atoms with Crippen LogP contribution in [0.2, 0.25) is 0 Å². The van der Waals surface area contributed by atoms with Crippen molar-refractivity contribution in [3.63, 3.8) is 0 Å². The lowest BCUT2D eigenvalue weighted by atomic mass is 10.0. The number of rotatable bonds is 4. The highest BCUT2D eigenvalue weighted by Gasteiger charge is 2.30. The molecule has 1 amide bonds. The second-order valence-corrected chi connectivity index (χ2v) is 7.24. The number of piperidine rings is 1. The molecule has 1 aliphatic carbocycles. The number of aromatic nitrogens is 4. The number of amides is 1. The Morgan fingerprint density at radius 2 is 2.08 bits per heavy atom. The highest BCUT2D eigenvalue weighted by atomic mass is 16.1. The van der Waals surface area contributed by atoms with Gasteiger partial charge in [-0.15, -0.1) is 15.3 Å². The minimum absolute atomic E-state index is 0.0213. The number of anilines is 1. The van der Waals surface area contributed by atoms with Gasteiger partial charge in [0.2, 0.25) is 5.91 Å². The minimum Gasteiger partial charge on any atom is -0.353 e. The SMILES string of the molecule is CC(C)C(=O)NC1CCCN(c2ccc3nnc(C4CC4)n3n2)C1. The van der Waals surface area contributed by atoms with E-state index in [-0.39, 0.29) is 17.9 Å². The van der Waals surface area contributed by atoms with E-state index in [0.717, 1.165) is 43.2 Å². The molecule has 2 fully saturated rings. The first kappa shape index (κ1) is 15.4. The van der Waals surface area contributed by atoms with Crippen molar-refractivity contribution in [1.29, 1.82) is 0 Å². The standard InChI is InChI=1S/C17H24N6O/c1-11(2)17(24)18-13-4-3-9-22(10-13)15-8-7-14-19-20-16(12-5-6-12)23(14)21-15/h7-8,11-13H,3-6,9-10H2,1-2H3,(H,18,24). The molecule has 7 heteroatoms. The van der Waals surface area contributed by atoms with Crippen molar-refractivity contribution in [1.82, 2.24) is 25.1 Å². The number of nitrogens with zero attached hydrogens (tertiary/aromatic N) is 5. The maximum Gasteiger partial charge on any atom is 0.222 e. The molecule has 0 radical (unpaired) electrons. The van der Waals surface area contributed by atoms with Gasteiger partial charge < -0.3 is 10.2 Å². The largest absolute Gasteiger partial charge is 0.353 e. The molecule has 4 rings (SSSR count). The highest BCUT2D eigenvalue weighted by Crippen LogP contribution is 2.38. The summed E-state index contributed by atoms with van der Waals surface area (Å²) < 4.78 is 1.89. The van der Waals surface area contributed by atoms with E-state index < -0.39 is 0 Å².